The van der Waals surface area contributed by atoms with Crippen LogP contribution in [-0.4, -0.2) is 39.8 Å². The third-order valence-corrected chi connectivity index (χ3v) is 9.81. The monoisotopic (exact) mass is 488 g/mol. The van der Waals surface area contributed by atoms with Crippen LogP contribution in [0.3, 0.4) is 0 Å². The van der Waals surface area contributed by atoms with Crippen molar-refractivity contribution >= 4 is 45.3 Å². The van der Waals surface area contributed by atoms with Crippen LogP contribution < -0.4 is 5.32 Å². The van der Waals surface area contributed by atoms with Crippen LogP contribution >= 0.6 is 27.7 Å². The Hall–Kier alpha value is -1.34. The quantitative estimate of drug-likeness (QED) is 0.659. The second-order valence-corrected chi connectivity index (χ2v) is 12.0. The molecule has 4 aliphatic carbocycles. The average Bonchev–Trinajstić information content (AvgIpc) is 3.21. The second-order valence-electron chi connectivity index (χ2n) is 10.0. The van der Waals surface area contributed by atoms with Gasteiger partial charge in [0.1, 0.15) is 11.4 Å². The van der Waals surface area contributed by atoms with E-state index >= 15 is 0 Å². The zero-order chi connectivity index (χ0) is 20.6. The Labute approximate surface area is 188 Å². The van der Waals surface area contributed by atoms with Crippen LogP contribution in [0.2, 0.25) is 0 Å². The molecule has 2 saturated heterocycles. The molecule has 2 unspecified atom stereocenters. The van der Waals surface area contributed by atoms with Gasteiger partial charge in [0, 0.05) is 15.8 Å². The molecule has 1 N–H and O–H groups in total. The molecule has 0 aromatic heterocycles. The number of Topliss-reactive ketones (excluding diaryl/α,β-unsaturated/α-hetero) is 1. The number of thioether (sulfide) groups is 1. The lowest BCUT2D eigenvalue weighted by molar-refractivity contribution is -0.142. The maximum Gasteiger partial charge on any atom is 0.244 e. The van der Waals surface area contributed by atoms with Crippen molar-refractivity contribution in [2.24, 2.45) is 23.7 Å². The molecular weight excluding hydrogens is 464 g/mol. The van der Waals surface area contributed by atoms with Crippen molar-refractivity contribution in [3.8, 4) is 0 Å². The lowest BCUT2D eigenvalue weighted by Gasteiger charge is -2.57. The summed E-state index contributed by atoms with van der Waals surface area (Å²) in [5, 5.41) is 3.06. The highest BCUT2D eigenvalue weighted by molar-refractivity contribution is 9.10. The predicted molar refractivity (Wildman–Crippen MR) is 118 cm³/mol. The fourth-order valence-corrected chi connectivity index (χ4v) is 8.90. The summed E-state index contributed by atoms with van der Waals surface area (Å²) in [4.78, 5) is 41.4. The largest absolute Gasteiger partial charge is 0.350 e. The molecule has 6 fully saturated rings. The average molecular weight is 489 g/mol. The normalized spacial score (nSPS) is 41.4. The minimum atomic E-state index is -1.16. The molecule has 3 atom stereocenters. The van der Waals surface area contributed by atoms with E-state index in [1.54, 1.807) is 16.7 Å². The SMILES string of the molecule is O=C(NC12CC3CC(CC(C3)C1)C2)C1C(=O)C2CS[C@@H](c3ccc(Br)cc3)N2C1=O. The molecule has 6 aliphatic rings. The minimum absolute atomic E-state index is 0.181. The number of nitrogens with one attached hydrogen (secondary N) is 1. The first-order chi connectivity index (χ1) is 14.4. The molecule has 1 aromatic rings. The number of benzene rings is 1. The lowest BCUT2D eigenvalue weighted by atomic mass is 9.53. The topological polar surface area (TPSA) is 66.5 Å². The molecule has 2 heterocycles. The number of carbonyl (C=O) groups excluding carboxylic acids is 3. The smallest absolute Gasteiger partial charge is 0.244 e. The highest BCUT2D eigenvalue weighted by atomic mass is 79.9. The molecule has 4 bridgehead atoms. The van der Waals surface area contributed by atoms with Gasteiger partial charge < -0.3 is 10.2 Å². The van der Waals surface area contributed by atoms with Crippen LogP contribution in [0.4, 0.5) is 0 Å². The van der Waals surface area contributed by atoms with Gasteiger partial charge in [-0.05, 0) is 74.0 Å². The molecule has 1 aromatic carbocycles. The number of hydrogen-bond donors (Lipinski definition) is 1. The van der Waals surface area contributed by atoms with Crippen LogP contribution in [0.15, 0.2) is 28.7 Å². The van der Waals surface area contributed by atoms with E-state index < -0.39 is 12.0 Å². The van der Waals surface area contributed by atoms with Crippen molar-refractivity contribution < 1.29 is 14.4 Å². The van der Waals surface area contributed by atoms with Crippen LogP contribution in [0.25, 0.3) is 0 Å². The van der Waals surface area contributed by atoms with Crippen molar-refractivity contribution in [3.63, 3.8) is 0 Å². The first-order valence-electron chi connectivity index (χ1n) is 11.0. The molecule has 7 heteroatoms. The van der Waals surface area contributed by atoms with Crippen molar-refractivity contribution in [2.75, 3.05) is 5.75 Å². The van der Waals surface area contributed by atoms with Crippen LogP contribution in [0.1, 0.15) is 49.5 Å². The maximum absolute atomic E-state index is 13.3. The Morgan fingerprint density at radius 1 is 1.03 bits per heavy atom. The van der Waals surface area contributed by atoms with Crippen molar-refractivity contribution in [3.05, 3.63) is 34.3 Å². The van der Waals surface area contributed by atoms with Gasteiger partial charge in [-0.3, -0.25) is 14.4 Å². The highest BCUT2D eigenvalue weighted by Gasteiger charge is 2.58. The number of hydrogen-bond acceptors (Lipinski definition) is 4. The van der Waals surface area contributed by atoms with Gasteiger partial charge in [0.05, 0.1) is 0 Å². The van der Waals surface area contributed by atoms with E-state index in [0.29, 0.717) is 23.5 Å². The Kier molecular flexibility index (Phi) is 4.40. The molecule has 4 saturated carbocycles. The molecule has 5 nitrogen and oxygen atoms in total. The van der Waals surface area contributed by atoms with Gasteiger partial charge in [0.25, 0.3) is 0 Å². The number of fused-ring (bicyclic) bond motifs is 1. The number of ketones is 1. The Balaban J connectivity index is 1.23. The predicted octanol–water partition coefficient (Wildman–Crippen LogP) is 3.68. The minimum Gasteiger partial charge on any atom is -0.350 e. The number of rotatable bonds is 3. The fourth-order valence-electron chi connectivity index (χ4n) is 7.18. The van der Waals surface area contributed by atoms with Crippen LogP contribution in [-0.2, 0) is 14.4 Å². The maximum atomic E-state index is 13.3. The summed E-state index contributed by atoms with van der Waals surface area (Å²) in [5.74, 6) is 0.627. The molecule has 2 aliphatic heterocycles. The van der Waals surface area contributed by atoms with Crippen LogP contribution in [0.5, 0.6) is 0 Å². The van der Waals surface area contributed by atoms with E-state index in [2.05, 4.69) is 21.2 Å². The summed E-state index contributed by atoms with van der Waals surface area (Å²) < 4.78 is 0.974. The zero-order valence-electron chi connectivity index (χ0n) is 16.7. The summed E-state index contributed by atoms with van der Waals surface area (Å²) in [6.45, 7) is 0. The Bertz CT molecular complexity index is 898. The number of carbonyl (C=O) groups is 3. The van der Waals surface area contributed by atoms with Crippen molar-refractivity contribution in [1.29, 1.82) is 0 Å². The summed E-state index contributed by atoms with van der Waals surface area (Å²) in [6, 6.07) is 7.37. The van der Waals surface area contributed by atoms with Gasteiger partial charge in [0.15, 0.2) is 11.7 Å². The van der Waals surface area contributed by atoms with E-state index in [4.69, 9.17) is 0 Å². The molecule has 0 radical (unpaired) electrons. The fraction of sp³-hybridized carbons (Fsp3) is 0.609. The molecule has 2 amide bonds. The van der Waals surface area contributed by atoms with Crippen molar-refractivity contribution in [1.82, 2.24) is 10.2 Å². The highest BCUT2D eigenvalue weighted by Crippen LogP contribution is 2.56. The number of nitrogens with zero attached hydrogens (tertiary/aromatic N) is 1. The van der Waals surface area contributed by atoms with E-state index in [1.807, 2.05) is 24.3 Å². The zero-order valence-corrected chi connectivity index (χ0v) is 19.1. The molecule has 30 heavy (non-hydrogen) atoms. The van der Waals surface area contributed by atoms with E-state index in [-0.39, 0.29) is 28.5 Å². The van der Waals surface area contributed by atoms with Gasteiger partial charge >= 0.3 is 0 Å². The third-order valence-electron chi connectivity index (χ3n) is 7.96. The molecule has 7 rings (SSSR count). The summed E-state index contributed by atoms with van der Waals surface area (Å²) in [7, 11) is 0. The summed E-state index contributed by atoms with van der Waals surface area (Å²) >= 11 is 5.05. The summed E-state index contributed by atoms with van der Waals surface area (Å²) in [5.41, 5.74) is 0.813. The van der Waals surface area contributed by atoms with E-state index in [9.17, 15) is 14.4 Å². The summed E-state index contributed by atoms with van der Waals surface area (Å²) in [6.07, 6.45) is 6.92. The third kappa shape index (κ3) is 2.91. The van der Waals surface area contributed by atoms with E-state index in [1.165, 1.54) is 19.3 Å². The second kappa shape index (κ2) is 6.83. The standard InChI is InChI=1S/C23H25BrN2O3S/c24-16-3-1-15(2-4-16)22-26-17(11-30-22)19(27)18(21(26)29)20(28)25-23-8-12-5-13(9-23)7-14(6-12)10-23/h1-4,12-14,17-18,22H,5-11H2,(H,25,28)/t12?,13?,14?,17?,18?,22-,23?/m0/s1. The van der Waals surface area contributed by atoms with Crippen molar-refractivity contribution in [2.45, 2.75) is 55.5 Å². The van der Waals surface area contributed by atoms with Gasteiger partial charge in [-0.25, -0.2) is 0 Å². The molecule has 158 valence electrons. The molecule has 0 spiro atoms. The van der Waals surface area contributed by atoms with E-state index in [0.717, 1.165) is 29.3 Å². The van der Waals surface area contributed by atoms with Crippen LogP contribution in [0, 0.1) is 23.7 Å². The Morgan fingerprint density at radius 2 is 1.63 bits per heavy atom. The van der Waals surface area contributed by atoms with Gasteiger partial charge in [-0.1, -0.05) is 28.1 Å². The number of halogens is 1. The Morgan fingerprint density at radius 3 is 2.23 bits per heavy atom. The van der Waals surface area contributed by atoms with Gasteiger partial charge in [0.2, 0.25) is 11.8 Å². The first kappa shape index (κ1) is 19.4. The number of amides is 2. The van der Waals surface area contributed by atoms with Gasteiger partial charge in [-0.2, -0.15) is 0 Å². The lowest BCUT2D eigenvalue weighted by Crippen LogP contribution is -2.61. The molecular formula is C23H25BrN2O3S. The first-order valence-corrected chi connectivity index (χ1v) is 12.8. The van der Waals surface area contributed by atoms with Gasteiger partial charge in [-0.15, -0.1) is 11.8 Å².